The molecule has 1 aromatic heterocycles. The molecule has 1 aliphatic rings. The van der Waals surface area contributed by atoms with Crippen LogP contribution in [-0.2, 0) is 11.3 Å². The van der Waals surface area contributed by atoms with E-state index in [2.05, 4.69) is 31.5 Å². The zero-order valence-corrected chi connectivity index (χ0v) is 13.1. The number of aromatic nitrogens is 1. The van der Waals surface area contributed by atoms with Crippen molar-refractivity contribution in [3.63, 3.8) is 0 Å². The van der Waals surface area contributed by atoms with E-state index in [0.717, 1.165) is 10.0 Å². The second-order valence-electron chi connectivity index (χ2n) is 4.77. The van der Waals surface area contributed by atoms with Gasteiger partial charge in [0.05, 0.1) is 5.57 Å². The van der Waals surface area contributed by atoms with Crippen LogP contribution < -0.4 is 10.6 Å². The molecule has 3 rings (SSSR count). The van der Waals surface area contributed by atoms with Gasteiger partial charge in [-0.05, 0) is 29.8 Å². The van der Waals surface area contributed by atoms with Crippen LogP contribution >= 0.6 is 15.9 Å². The molecule has 1 aromatic carbocycles. The maximum atomic E-state index is 12.1. The van der Waals surface area contributed by atoms with Crippen LogP contribution in [-0.4, -0.2) is 16.8 Å². The molecule has 0 aliphatic carbocycles. The first kappa shape index (κ1) is 14.5. The molecule has 0 unspecified atom stereocenters. The summed E-state index contributed by atoms with van der Waals surface area (Å²) in [5, 5.41) is 5.43. The van der Waals surface area contributed by atoms with Gasteiger partial charge >= 0.3 is 0 Å². The van der Waals surface area contributed by atoms with Crippen LogP contribution in [0.2, 0.25) is 0 Å². The molecule has 0 fully saturated rings. The Morgan fingerprint density at radius 2 is 2.05 bits per heavy atom. The minimum atomic E-state index is -0.408. The molecule has 0 spiro atoms. The highest BCUT2D eigenvalue weighted by molar-refractivity contribution is 9.10. The molecule has 0 radical (unpaired) electrons. The van der Waals surface area contributed by atoms with Crippen molar-refractivity contribution < 1.29 is 9.59 Å². The quantitative estimate of drug-likeness (QED) is 0.652. The summed E-state index contributed by atoms with van der Waals surface area (Å²) in [6.07, 6.45) is 5.08. The van der Waals surface area contributed by atoms with Gasteiger partial charge in [0.15, 0.2) is 0 Å². The average Bonchev–Trinajstić information content (AvgIpc) is 2.51. The molecule has 1 aliphatic heterocycles. The number of halogens is 1. The number of hydrogen-bond donors (Lipinski definition) is 2. The van der Waals surface area contributed by atoms with Gasteiger partial charge in [0.2, 0.25) is 0 Å². The van der Waals surface area contributed by atoms with Crippen molar-refractivity contribution in [2.75, 3.05) is 0 Å². The molecule has 110 valence electrons. The fourth-order valence-corrected chi connectivity index (χ4v) is 2.58. The molecule has 2 aromatic rings. The molecule has 5 nitrogen and oxygen atoms in total. The van der Waals surface area contributed by atoms with Crippen LogP contribution in [0, 0.1) is 0 Å². The molecule has 2 amide bonds. The fourth-order valence-electron chi connectivity index (χ4n) is 2.21. The van der Waals surface area contributed by atoms with Crippen molar-refractivity contribution in [2.45, 2.75) is 6.54 Å². The van der Waals surface area contributed by atoms with E-state index in [0.29, 0.717) is 23.2 Å². The molecular formula is C16H12BrN3O2. The van der Waals surface area contributed by atoms with Gasteiger partial charge in [-0.25, -0.2) is 0 Å². The molecule has 2 N–H and O–H groups in total. The Bertz CT molecular complexity index is 772. The first-order valence-corrected chi connectivity index (χ1v) is 7.42. The summed E-state index contributed by atoms with van der Waals surface area (Å²) in [6, 6.07) is 9.02. The lowest BCUT2D eigenvalue weighted by atomic mass is 9.95. The second-order valence-corrected chi connectivity index (χ2v) is 5.69. The number of rotatable bonds is 3. The lowest BCUT2D eigenvalue weighted by molar-refractivity contribution is -0.114. The Labute approximate surface area is 135 Å². The molecule has 0 saturated carbocycles. The van der Waals surface area contributed by atoms with Crippen LogP contribution in [0.15, 0.2) is 53.4 Å². The maximum Gasteiger partial charge on any atom is 0.260 e. The Balaban J connectivity index is 1.88. The van der Waals surface area contributed by atoms with E-state index in [-0.39, 0.29) is 5.91 Å². The van der Waals surface area contributed by atoms with Crippen molar-refractivity contribution in [3.8, 4) is 0 Å². The van der Waals surface area contributed by atoms with Gasteiger partial charge in [0, 0.05) is 40.7 Å². The van der Waals surface area contributed by atoms with Gasteiger partial charge in [-0.3, -0.25) is 19.9 Å². The van der Waals surface area contributed by atoms with Crippen LogP contribution in [0.4, 0.5) is 0 Å². The first-order valence-electron chi connectivity index (χ1n) is 6.63. The number of carbonyl (C=O) groups excluding carboxylic acids is 2. The summed E-state index contributed by atoms with van der Waals surface area (Å²) in [6.45, 7) is 0.544. The number of amides is 2. The van der Waals surface area contributed by atoms with Crippen molar-refractivity contribution in [2.24, 2.45) is 0 Å². The van der Waals surface area contributed by atoms with E-state index in [9.17, 15) is 9.59 Å². The maximum absolute atomic E-state index is 12.1. The normalized spacial score (nSPS) is 15.4. The van der Waals surface area contributed by atoms with E-state index in [1.807, 2.05) is 12.1 Å². The van der Waals surface area contributed by atoms with Gasteiger partial charge in [0.25, 0.3) is 11.8 Å². The van der Waals surface area contributed by atoms with Crippen LogP contribution in [0.5, 0.6) is 0 Å². The lowest BCUT2D eigenvalue weighted by Gasteiger charge is -2.18. The van der Waals surface area contributed by atoms with Gasteiger partial charge in [-0.15, -0.1) is 0 Å². The summed E-state index contributed by atoms with van der Waals surface area (Å²) in [7, 11) is 0. The highest BCUT2D eigenvalue weighted by atomic mass is 79.9. The monoisotopic (exact) mass is 357 g/mol. The standard InChI is InChI=1S/C16H12BrN3O2/c17-11-3-4-12-13(6-11)14(16(22)20-15(12)21)9-19-8-10-2-1-5-18-7-10/h1-7,9,19H,8H2,(H,20,21,22). The predicted octanol–water partition coefficient (Wildman–Crippen LogP) is 2.24. The van der Waals surface area contributed by atoms with Crippen LogP contribution in [0.25, 0.3) is 5.57 Å². The molecule has 22 heavy (non-hydrogen) atoms. The SMILES string of the molecule is O=C1NC(=O)c2ccc(Br)cc2C1=CNCc1cccnc1. The Kier molecular flexibility index (Phi) is 4.02. The Hall–Kier alpha value is -2.47. The number of pyridine rings is 1. The fraction of sp³-hybridized carbons (Fsp3) is 0.0625. The smallest absolute Gasteiger partial charge is 0.260 e. The van der Waals surface area contributed by atoms with Gasteiger partial charge in [-0.2, -0.15) is 0 Å². The van der Waals surface area contributed by atoms with Crippen LogP contribution in [0.3, 0.4) is 0 Å². The number of benzene rings is 1. The van der Waals surface area contributed by atoms with Crippen molar-refractivity contribution in [3.05, 3.63) is 70.1 Å². The summed E-state index contributed by atoms with van der Waals surface area (Å²) in [5.74, 6) is -0.786. The number of nitrogens with one attached hydrogen (secondary N) is 2. The summed E-state index contributed by atoms with van der Waals surface area (Å²) < 4.78 is 0.812. The van der Waals surface area contributed by atoms with Crippen molar-refractivity contribution >= 4 is 33.3 Å². The van der Waals surface area contributed by atoms with E-state index in [4.69, 9.17) is 0 Å². The van der Waals surface area contributed by atoms with Gasteiger partial charge in [0.1, 0.15) is 0 Å². The number of nitrogens with zero attached hydrogens (tertiary/aromatic N) is 1. The van der Waals surface area contributed by atoms with E-state index < -0.39 is 5.91 Å². The highest BCUT2D eigenvalue weighted by Gasteiger charge is 2.27. The number of imide groups is 1. The third-order valence-electron chi connectivity index (χ3n) is 3.26. The third-order valence-corrected chi connectivity index (χ3v) is 3.76. The third kappa shape index (κ3) is 2.92. The molecule has 0 atom stereocenters. The van der Waals surface area contributed by atoms with Gasteiger partial charge in [-0.1, -0.05) is 22.0 Å². The lowest BCUT2D eigenvalue weighted by Crippen LogP contribution is -2.37. The van der Waals surface area contributed by atoms with Crippen LogP contribution in [0.1, 0.15) is 21.5 Å². The second kappa shape index (κ2) is 6.11. The van der Waals surface area contributed by atoms with E-state index in [1.54, 1.807) is 36.8 Å². The zero-order chi connectivity index (χ0) is 15.5. The highest BCUT2D eigenvalue weighted by Crippen LogP contribution is 2.26. The number of carbonyl (C=O) groups is 2. The topological polar surface area (TPSA) is 71.1 Å². The Morgan fingerprint density at radius 3 is 2.82 bits per heavy atom. The van der Waals surface area contributed by atoms with Crippen molar-refractivity contribution in [1.82, 2.24) is 15.6 Å². The molecule has 2 heterocycles. The minimum absolute atomic E-state index is 0.378. The number of hydrogen-bond acceptors (Lipinski definition) is 4. The number of fused-ring (bicyclic) bond motifs is 1. The Morgan fingerprint density at radius 1 is 1.18 bits per heavy atom. The summed E-state index contributed by atoms with van der Waals surface area (Å²) in [4.78, 5) is 27.9. The average molecular weight is 358 g/mol. The molecular weight excluding hydrogens is 346 g/mol. The summed E-state index contributed by atoms with van der Waals surface area (Å²) in [5.41, 5.74) is 2.53. The first-order chi connectivity index (χ1) is 10.6. The molecule has 0 saturated heterocycles. The van der Waals surface area contributed by atoms with Crippen molar-refractivity contribution in [1.29, 1.82) is 0 Å². The molecule has 6 heteroatoms. The predicted molar refractivity (Wildman–Crippen MR) is 85.7 cm³/mol. The summed E-state index contributed by atoms with van der Waals surface area (Å²) >= 11 is 3.36. The van der Waals surface area contributed by atoms with E-state index >= 15 is 0 Å². The molecule has 0 bridgehead atoms. The minimum Gasteiger partial charge on any atom is -0.386 e. The van der Waals surface area contributed by atoms with E-state index in [1.165, 1.54) is 0 Å². The van der Waals surface area contributed by atoms with Gasteiger partial charge < -0.3 is 5.32 Å². The zero-order valence-electron chi connectivity index (χ0n) is 11.5. The largest absolute Gasteiger partial charge is 0.386 e.